The van der Waals surface area contributed by atoms with Crippen LogP contribution in [0.3, 0.4) is 0 Å². The van der Waals surface area contributed by atoms with E-state index in [-0.39, 0.29) is 17.6 Å². The van der Waals surface area contributed by atoms with E-state index in [1.54, 1.807) is 7.11 Å². The van der Waals surface area contributed by atoms with Crippen molar-refractivity contribution in [3.8, 4) is 5.75 Å². The Morgan fingerprint density at radius 1 is 1.43 bits per heavy atom. The summed E-state index contributed by atoms with van der Waals surface area (Å²) < 4.78 is 5.33. The number of ether oxygens (including phenoxy) is 1. The lowest BCUT2D eigenvalue weighted by Crippen LogP contribution is -2.34. The Morgan fingerprint density at radius 3 is 2.67 bits per heavy atom. The summed E-state index contributed by atoms with van der Waals surface area (Å²) >= 11 is 0. The van der Waals surface area contributed by atoms with Crippen LogP contribution in [-0.4, -0.2) is 30.0 Å². The van der Waals surface area contributed by atoms with Crippen LogP contribution >= 0.6 is 0 Å². The Labute approximate surface area is 126 Å². The van der Waals surface area contributed by atoms with Gasteiger partial charge in [-0.05, 0) is 48.9 Å². The van der Waals surface area contributed by atoms with E-state index in [0.717, 1.165) is 36.3 Å². The molecule has 2 aliphatic rings. The average molecular weight is 288 g/mol. The summed E-state index contributed by atoms with van der Waals surface area (Å²) in [6.07, 6.45) is 1.92. The number of benzene rings is 1. The molecule has 4 nitrogen and oxygen atoms in total. The third kappa shape index (κ3) is 2.42. The molecule has 1 aliphatic heterocycles. The van der Waals surface area contributed by atoms with Gasteiger partial charge >= 0.3 is 0 Å². The van der Waals surface area contributed by atoms with Gasteiger partial charge in [-0.1, -0.05) is 19.9 Å². The molecule has 21 heavy (non-hydrogen) atoms. The molecule has 114 valence electrons. The highest BCUT2D eigenvalue weighted by molar-refractivity contribution is 5.92. The zero-order valence-corrected chi connectivity index (χ0v) is 13.3. The molecule has 4 heteroatoms. The number of hydrogen-bond acceptors (Lipinski definition) is 3. The zero-order chi connectivity index (χ0) is 15.2. The Hall–Kier alpha value is -1.55. The van der Waals surface area contributed by atoms with Gasteiger partial charge in [0.15, 0.2) is 0 Å². The number of nitrogens with zero attached hydrogens (tertiary/aromatic N) is 1. The van der Waals surface area contributed by atoms with Crippen molar-refractivity contribution in [3.63, 3.8) is 0 Å². The van der Waals surface area contributed by atoms with E-state index in [0.29, 0.717) is 5.92 Å². The second-order valence-corrected chi connectivity index (χ2v) is 6.71. The van der Waals surface area contributed by atoms with E-state index < -0.39 is 0 Å². The van der Waals surface area contributed by atoms with Gasteiger partial charge in [0.05, 0.1) is 7.11 Å². The monoisotopic (exact) mass is 288 g/mol. The smallest absolute Gasteiger partial charge is 0.244 e. The van der Waals surface area contributed by atoms with Crippen LogP contribution in [-0.2, 0) is 4.79 Å². The molecule has 0 bridgehead atoms. The lowest BCUT2D eigenvalue weighted by atomic mass is 10.1. The number of aryl methyl sites for hydroxylation is 1. The topological polar surface area (TPSA) is 41.6 Å². The second-order valence-electron chi connectivity index (χ2n) is 6.71. The van der Waals surface area contributed by atoms with Crippen molar-refractivity contribution in [1.29, 1.82) is 0 Å². The Bertz CT molecular complexity index is 564. The van der Waals surface area contributed by atoms with Gasteiger partial charge in [0.2, 0.25) is 5.91 Å². The molecule has 0 radical (unpaired) electrons. The fourth-order valence-corrected chi connectivity index (χ4v) is 3.19. The molecule has 2 fully saturated rings. The maximum absolute atomic E-state index is 12.7. The predicted octanol–water partition coefficient (Wildman–Crippen LogP) is 2.62. The first kappa shape index (κ1) is 14.4. The minimum Gasteiger partial charge on any atom is -0.496 e. The summed E-state index contributed by atoms with van der Waals surface area (Å²) in [4.78, 5) is 14.7. The largest absolute Gasteiger partial charge is 0.496 e. The van der Waals surface area contributed by atoms with Crippen molar-refractivity contribution in [3.05, 3.63) is 29.3 Å². The van der Waals surface area contributed by atoms with Crippen LogP contribution in [0.4, 0.5) is 0 Å². The van der Waals surface area contributed by atoms with Gasteiger partial charge in [-0.3, -0.25) is 10.1 Å². The number of carbonyl (C=O) groups is 1. The third-order valence-corrected chi connectivity index (χ3v) is 4.44. The Morgan fingerprint density at radius 2 is 2.14 bits per heavy atom. The van der Waals surface area contributed by atoms with E-state index in [9.17, 15) is 4.79 Å². The van der Waals surface area contributed by atoms with Gasteiger partial charge in [-0.2, -0.15) is 0 Å². The number of rotatable bonds is 4. The van der Waals surface area contributed by atoms with Crippen LogP contribution in [0.1, 0.15) is 44.0 Å². The fourth-order valence-electron chi connectivity index (χ4n) is 3.19. The molecular formula is C17H24N2O2. The van der Waals surface area contributed by atoms with Crippen molar-refractivity contribution < 1.29 is 9.53 Å². The van der Waals surface area contributed by atoms with Gasteiger partial charge in [-0.25, -0.2) is 0 Å². The molecule has 1 N–H and O–H groups in total. The highest BCUT2D eigenvalue weighted by Gasteiger charge is 2.59. The van der Waals surface area contributed by atoms with E-state index in [1.807, 2.05) is 17.9 Å². The van der Waals surface area contributed by atoms with E-state index >= 15 is 0 Å². The zero-order valence-electron chi connectivity index (χ0n) is 13.3. The summed E-state index contributed by atoms with van der Waals surface area (Å²) in [5.74, 6) is 1.63. The lowest BCUT2D eigenvalue weighted by Gasteiger charge is -2.26. The molecule has 1 unspecified atom stereocenters. The minimum atomic E-state index is -0.270. The highest BCUT2D eigenvalue weighted by Crippen LogP contribution is 2.46. The lowest BCUT2D eigenvalue weighted by molar-refractivity contribution is -0.131. The van der Waals surface area contributed by atoms with Crippen molar-refractivity contribution >= 4 is 5.91 Å². The first-order valence-corrected chi connectivity index (χ1v) is 7.70. The molecule has 1 saturated heterocycles. The van der Waals surface area contributed by atoms with E-state index in [4.69, 9.17) is 4.74 Å². The fraction of sp³-hybridized carbons (Fsp3) is 0.588. The standard InChI is InChI=1S/C17H24N2O2/c1-11(2)10-19-15(18-17(7-8-17)16(19)20)13-5-6-14(21-4)12(3)9-13/h5-6,9,11,15,18H,7-8,10H2,1-4H3. The molecular weight excluding hydrogens is 264 g/mol. The van der Waals surface area contributed by atoms with Gasteiger partial charge in [0, 0.05) is 6.54 Å². The number of amides is 1. The van der Waals surface area contributed by atoms with Gasteiger partial charge in [0.25, 0.3) is 0 Å². The van der Waals surface area contributed by atoms with Crippen LogP contribution in [0.2, 0.25) is 0 Å². The van der Waals surface area contributed by atoms with Gasteiger partial charge in [0.1, 0.15) is 17.5 Å². The summed E-state index contributed by atoms with van der Waals surface area (Å²) in [5, 5.41) is 3.56. The maximum Gasteiger partial charge on any atom is 0.244 e. The molecule has 1 amide bonds. The van der Waals surface area contributed by atoms with Crippen molar-refractivity contribution in [2.45, 2.75) is 45.3 Å². The van der Waals surface area contributed by atoms with Crippen molar-refractivity contribution in [2.24, 2.45) is 5.92 Å². The molecule has 1 atom stereocenters. The van der Waals surface area contributed by atoms with E-state index in [2.05, 4.69) is 31.3 Å². The summed E-state index contributed by atoms with van der Waals surface area (Å²) in [7, 11) is 1.68. The molecule has 1 spiro atoms. The molecule has 1 aliphatic carbocycles. The first-order valence-electron chi connectivity index (χ1n) is 7.70. The number of methoxy groups -OCH3 is 1. The molecule has 1 saturated carbocycles. The van der Waals surface area contributed by atoms with Crippen LogP contribution in [0, 0.1) is 12.8 Å². The third-order valence-electron chi connectivity index (χ3n) is 4.44. The van der Waals surface area contributed by atoms with Crippen molar-refractivity contribution in [1.82, 2.24) is 10.2 Å². The number of carbonyl (C=O) groups excluding carboxylic acids is 1. The molecule has 1 aromatic carbocycles. The van der Waals surface area contributed by atoms with Crippen LogP contribution in [0.5, 0.6) is 5.75 Å². The minimum absolute atomic E-state index is 0.00740. The van der Waals surface area contributed by atoms with Gasteiger partial charge < -0.3 is 9.64 Å². The summed E-state index contributed by atoms with van der Waals surface area (Å²) in [6, 6.07) is 6.17. The molecule has 1 aromatic rings. The molecule has 0 aromatic heterocycles. The highest BCUT2D eigenvalue weighted by atomic mass is 16.5. The van der Waals surface area contributed by atoms with Gasteiger partial charge in [-0.15, -0.1) is 0 Å². The van der Waals surface area contributed by atoms with E-state index in [1.165, 1.54) is 0 Å². The normalized spacial score (nSPS) is 23.2. The second kappa shape index (κ2) is 5.02. The first-order chi connectivity index (χ1) is 9.97. The SMILES string of the molecule is COc1ccc(C2NC3(CC3)C(=O)N2CC(C)C)cc1C. The number of hydrogen-bond donors (Lipinski definition) is 1. The maximum atomic E-state index is 12.7. The summed E-state index contributed by atoms with van der Waals surface area (Å²) in [5.41, 5.74) is 1.98. The van der Waals surface area contributed by atoms with Crippen LogP contribution in [0.25, 0.3) is 0 Å². The number of nitrogens with one attached hydrogen (secondary N) is 1. The molecule has 3 rings (SSSR count). The summed E-state index contributed by atoms with van der Waals surface area (Å²) in [6.45, 7) is 7.14. The van der Waals surface area contributed by atoms with Crippen LogP contribution in [0.15, 0.2) is 18.2 Å². The predicted molar refractivity (Wildman–Crippen MR) is 82.1 cm³/mol. The van der Waals surface area contributed by atoms with Crippen molar-refractivity contribution in [2.75, 3.05) is 13.7 Å². The Balaban J connectivity index is 1.91. The quantitative estimate of drug-likeness (QED) is 0.926. The average Bonchev–Trinajstić information content (AvgIpc) is 3.17. The molecule has 1 heterocycles. The Kier molecular flexibility index (Phi) is 3.44. The van der Waals surface area contributed by atoms with Crippen LogP contribution < -0.4 is 10.1 Å².